The molecule has 2 rings (SSSR count). The molecule has 1 aromatic carbocycles. The number of rotatable bonds is 6. The Morgan fingerprint density at radius 3 is 2.37 bits per heavy atom. The second-order valence-corrected chi connectivity index (χ2v) is 9.33. The Kier molecular flexibility index (Phi) is 9.12. The van der Waals surface area contributed by atoms with Gasteiger partial charge in [-0.1, -0.05) is 18.2 Å². The summed E-state index contributed by atoms with van der Waals surface area (Å²) in [4.78, 5) is 10.2. The molecular weight excluding hydrogens is 497 g/mol. The molecule has 0 saturated carbocycles. The molecule has 1 aromatic heterocycles. The van der Waals surface area contributed by atoms with Crippen LogP contribution in [0.4, 0.5) is 0 Å². The van der Waals surface area contributed by atoms with Crippen LogP contribution in [0.25, 0.3) is 0 Å². The smallest absolute Gasteiger partial charge is 0.242 e. The standard InChI is InChI=1S/C17H25N5O2S2.HI/c1-12-13(2)25-16(21-12)11-20-17(18-3)19-10-14-8-6-7-9-15(14)26(23,24)22(4)5;/h6-9H,10-11H2,1-5H3,(H2,18,19,20);1H. The number of nitrogens with zero attached hydrogens (tertiary/aromatic N) is 3. The number of nitrogens with one attached hydrogen (secondary N) is 2. The lowest BCUT2D eigenvalue weighted by atomic mass is 10.2. The number of hydrogen-bond acceptors (Lipinski definition) is 5. The maximum absolute atomic E-state index is 12.5. The summed E-state index contributed by atoms with van der Waals surface area (Å²) in [5.74, 6) is 0.590. The van der Waals surface area contributed by atoms with Crippen LogP contribution < -0.4 is 10.6 Å². The third kappa shape index (κ3) is 6.13. The Morgan fingerprint density at radius 1 is 1.19 bits per heavy atom. The lowest BCUT2D eigenvalue weighted by molar-refractivity contribution is 0.519. The van der Waals surface area contributed by atoms with Gasteiger partial charge in [0.05, 0.1) is 17.1 Å². The second kappa shape index (κ2) is 10.3. The zero-order valence-corrected chi connectivity index (χ0v) is 20.1. The maximum Gasteiger partial charge on any atom is 0.242 e. The molecular formula is C17H26IN5O2S2. The minimum atomic E-state index is -3.49. The Labute approximate surface area is 182 Å². The van der Waals surface area contributed by atoms with Crippen molar-refractivity contribution in [3.63, 3.8) is 0 Å². The lowest BCUT2D eigenvalue weighted by Gasteiger charge is -2.16. The summed E-state index contributed by atoms with van der Waals surface area (Å²) in [6.07, 6.45) is 0. The molecule has 0 saturated heterocycles. The highest BCUT2D eigenvalue weighted by atomic mass is 127. The predicted octanol–water partition coefficient (Wildman–Crippen LogP) is 2.49. The quantitative estimate of drug-likeness (QED) is 0.345. The van der Waals surface area contributed by atoms with Crippen LogP contribution in [-0.4, -0.2) is 44.8 Å². The Bertz CT molecular complexity index is 875. The van der Waals surface area contributed by atoms with E-state index in [2.05, 4.69) is 20.6 Å². The van der Waals surface area contributed by atoms with Crippen molar-refractivity contribution in [2.45, 2.75) is 31.8 Å². The monoisotopic (exact) mass is 523 g/mol. The summed E-state index contributed by atoms with van der Waals surface area (Å²) < 4.78 is 26.1. The van der Waals surface area contributed by atoms with Crippen LogP contribution >= 0.6 is 35.3 Å². The highest BCUT2D eigenvalue weighted by molar-refractivity contribution is 14.0. The molecule has 150 valence electrons. The van der Waals surface area contributed by atoms with E-state index in [1.807, 2.05) is 19.9 Å². The van der Waals surface area contributed by atoms with Crippen LogP contribution in [0.5, 0.6) is 0 Å². The Morgan fingerprint density at radius 2 is 1.81 bits per heavy atom. The fourth-order valence-electron chi connectivity index (χ4n) is 2.27. The first-order valence-electron chi connectivity index (χ1n) is 8.13. The number of aryl methyl sites for hydroxylation is 2. The van der Waals surface area contributed by atoms with Gasteiger partial charge in [-0.2, -0.15) is 0 Å². The van der Waals surface area contributed by atoms with Crippen LogP contribution in [0, 0.1) is 13.8 Å². The van der Waals surface area contributed by atoms with E-state index < -0.39 is 10.0 Å². The van der Waals surface area contributed by atoms with E-state index in [0.29, 0.717) is 29.5 Å². The molecule has 1 heterocycles. The highest BCUT2D eigenvalue weighted by Gasteiger charge is 2.20. The van der Waals surface area contributed by atoms with Crippen LogP contribution in [0.2, 0.25) is 0 Å². The van der Waals surface area contributed by atoms with E-state index in [9.17, 15) is 8.42 Å². The number of aromatic nitrogens is 1. The van der Waals surface area contributed by atoms with Gasteiger partial charge in [-0.3, -0.25) is 4.99 Å². The zero-order valence-electron chi connectivity index (χ0n) is 16.1. The van der Waals surface area contributed by atoms with E-state index >= 15 is 0 Å². The normalized spacial score (nSPS) is 12.0. The fraction of sp³-hybridized carbons (Fsp3) is 0.412. The van der Waals surface area contributed by atoms with E-state index in [4.69, 9.17) is 0 Å². The molecule has 0 radical (unpaired) electrons. The number of aliphatic imine (C=N–C) groups is 1. The summed E-state index contributed by atoms with van der Waals surface area (Å²) >= 11 is 1.65. The Balaban J connectivity index is 0.00000364. The van der Waals surface area contributed by atoms with E-state index in [1.165, 1.54) is 23.3 Å². The molecule has 0 amide bonds. The van der Waals surface area contributed by atoms with Crippen molar-refractivity contribution in [2.24, 2.45) is 4.99 Å². The maximum atomic E-state index is 12.5. The van der Waals surface area contributed by atoms with Gasteiger partial charge in [0, 0.05) is 32.6 Å². The molecule has 0 aliphatic carbocycles. The molecule has 0 spiro atoms. The third-order valence-corrected chi connectivity index (χ3v) is 6.87. The number of halogens is 1. The van der Waals surface area contributed by atoms with Crippen molar-refractivity contribution >= 4 is 51.3 Å². The first kappa shape index (κ1) is 23.8. The van der Waals surface area contributed by atoms with Crippen molar-refractivity contribution in [3.05, 3.63) is 45.4 Å². The number of thiazole rings is 1. The molecule has 0 unspecified atom stereocenters. The van der Waals surface area contributed by atoms with Crippen molar-refractivity contribution < 1.29 is 8.42 Å². The van der Waals surface area contributed by atoms with Crippen LogP contribution in [0.1, 0.15) is 21.1 Å². The van der Waals surface area contributed by atoms with Gasteiger partial charge in [-0.15, -0.1) is 35.3 Å². The summed E-state index contributed by atoms with van der Waals surface area (Å²) in [5.41, 5.74) is 1.72. The van der Waals surface area contributed by atoms with Crippen LogP contribution in [0.3, 0.4) is 0 Å². The first-order chi connectivity index (χ1) is 12.3. The number of benzene rings is 1. The van der Waals surface area contributed by atoms with Gasteiger partial charge in [0.2, 0.25) is 10.0 Å². The molecule has 2 aromatic rings. The van der Waals surface area contributed by atoms with Crippen molar-refractivity contribution in [1.82, 2.24) is 19.9 Å². The van der Waals surface area contributed by atoms with Gasteiger partial charge < -0.3 is 10.6 Å². The third-order valence-electron chi connectivity index (χ3n) is 3.88. The van der Waals surface area contributed by atoms with Crippen LogP contribution in [0.15, 0.2) is 34.2 Å². The predicted molar refractivity (Wildman–Crippen MR) is 121 cm³/mol. The van der Waals surface area contributed by atoms with Crippen molar-refractivity contribution in [1.29, 1.82) is 0 Å². The summed E-state index contributed by atoms with van der Waals surface area (Å²) in [7, 11) is 1.23. The first-order valence-corrected chi connectivity index (χ1v) is 10.4. The minimum Gasteiger partial charge on any atom is -0.352 e. The molecule has 0 bridgehead atoms. The van der Waals surface area contributed by atoms with Crippen molar-refractivity contribution in [2.75, 3.05) is 21.1 Å². The second-order valence-electron chi connectivity index (χ2n) is 5.92. The average molecular weight is 523 g/mol. The molecule has 0 fully saturated rings. The lowest BCUT2D eigenvalue weighted by Crippen LogP contribution is -2.36. The average Bonchev–Trinajstić information content (AvgIpc) is 2.93. The summed E-state index contributed by atoms with van der Waals surface area (Å²) in [6, 6.07) is 6.96. The van der Waals surface area contributed by atoms with E-state index in [-0.39, 0.29) is 24.0 Å². The van der Waals surface area contributed by atoms with Gasteiger partial charge in [0.1, 0.15) is 5.01 Å². The summed E-state index contributed by atoms with van der Waals surface area (Å²) in [6.45, 7) is 4.95. The summed E-state index contributed by atoms with van der Waals surface area (Å²) in [5, 5.41) is 7.35. The molecule has 0 aliphatic rings. The molecule has 0 aliphatic heterocycles. The van der Waals surface area contributed by atoms with Gasteiger partial charge in [0.15, 0.2) is 5.96 Å². The minimum absolute atomic E-state index is 0. The number of guanidine groups is 1. The topological polar surface area (TPSA) is 86.7 Å². The van der Waals surface area contributed by atoms with E-state index in [0.717, 1.165) is 10.7 Å². The molecule has 10 heteroatoms. The van der Waals surface area contributed by atoms with Gasteiger partial charge >= 0.3 is 0 Å². The van der Waals surface area contributed by atoms with Gasteiger partial charge in [-0.25, -0.2) is 17.7 Å². The molecule has 27 heavy (non-hydrogen) atoms. The molecule has 2 N–H and O–H groups in total. The number of hydrogen-bond donors (Lipinski definition) is 2. The fourth-order valence-corrected chi connectivity index (χ4v) is 4.26. The van der Waals surface area contributed by atoms with Crippen molar-refractivity contribution in [3.8, 4) is 0 Å². The largest absolute Gasteiger partial charge is 0.352 e. The molecule has 0 atom stereocenters. The SMILES string of the molecule is CN=C(NCc1nc(C)c(C)s1)NCc1ccccc1S(=O)(=O)N(C)C.I. The van der Waals surface area contributed by atoms with E-state index in [1.54, 1.807) is 36.6 Å². The Hall–Kier alpha value is -1.24. The highest BCUT2D eigenvalue weighted by Crippen LogP contribution is 2.18. The van der Waals surface area contributed by atoms with Gasteiger partial charge in [0.25, 0.3) is 0 Å². The number of sulfonamides is 1. The van der Waals surface area contributed by atoms with Crippen LogP contribution in [-0.2, 0) is 23.1 Å². The zero-order chi connectivity index (χ0) is 19.3. The molecule has 7 nitrogen and oxygen atoms in total. The van der Waals surface area contributed by atoms with Gasteiger partial charge in [-0.05, 0) is 25.5 Å².